The molecule has 57 valence electrons. The van der Waals surface area contributed by atoms with Crippen LogP contribution in [0, 0.1) is 0 Å². The van der Waals surface area contributed by atoms with E-state index in [2.05, 4.69) is 5.32 Å². The number of benzene rings is 1. The van der Waals surface area contributed by atoms with Gasteiger partial charge in [-0.3, -0.25) is 4.79 Å². The van der Waals surface area contributed by atoms with Gasteiger partial charge in [0.1, 0.15) is 0 Å². The summed E-state index contributed by atoms with van der Waals surface area (Å²) in [5.41, 5.74) is 0.394. The van der Waals surface area contributed by atoms with Crippen molar-refractivity contribution >= 4 is 35.3 Å². The third-order valence-electron chi connectivity index (χ3n) is 1.14. The van der Waals surface area contributed by atoms with E-state index in [9.17, 15) is 4.79 Å². The number of hydrogen-bond donors (Lipinski definition) is 1. The van der Waals surface area contributed by atoms with E-state index in [1.807, 2.05) is 0 Å². The Kier molecular flexibility index (Phi) is 2.74. The zero-order chi connectivity index (χ0) is 8.27. The van der Waals surface area contributed by atoms with Crippen molar-refractivity contribution in [3.05, 3.63) is 28.2 Å². The minimum Gasteiger partial charge on any atom is -0.315 e. The molecule has 0 aliphatic heterocycles. The lowest BCUT2D eigenvalue weighted by molar-refractivity contribution is 0.561. The number of carbonyl (C=O) groups excluding carboxylic acids is 1. The van der Waals surface area contributed by atoms with Gasteiger partial charge >= 0.3 is 6.41 Å². The van der Waals surface area contributed by atoms with E-state index in [1.165, 1.54) is 6.41 Å². The molecule has 0 spiro atoms. The summed E-state index contributed by atoms with van der Waals surface area (Å²) in [4.78, 5) is 9.93. The molecule has 0 heterocycles. The molecule has 1 N–H and O–H groups in total. The highest BCUT2D eigenvalue weighted by Gasteiger charge is 2.02. The Balaban J connectivity index is 3.09. The number of halogens is 2. The smallest absolute Gasteiger partial charge is 0.314 e. The van der Waals surface area contributed by atoms with Crippen LogP contribution in [-0.4, -0.2) is 6.41 Å². The summed E-state index contributed by atoms with van der Waals surface area (Å²) in [6.07, 6.45) is 1.50. The van der Waals surface area contributed by atoms with E-state index in [1.54, 1.807) is 18.2 Å². The second kappa shape index (κ2) is 3.60. The minimum atomic E-state index is 0.394. The van der Waals surface area contributed by atoms with Crippen molar-refractivity contribution in [2.24, 2.45) is 0 Å². The van der Waals surface area contributed by atoms with Crippen LogP contribution in [0.2, 0.25) is 10.0 Å². The van der Waals surface area contributed by atoms with Gasteiger partial charge < -0.3 is 5.32 Å². The lowest BCUT2D eigenvalue weighted by Gasteiger charge is -2.02. The molecule has 0 saturated carbocycles. The van der Waals surface area contributed by atoms with E-state index in [0.717, 1.165) is 0 Å². The van der Waals surface area contributed by atoms with E-state index in [0.29, 0.717) is 15.7 Å². The molecule has 1 amide bonds. The second-order valence-corrected chi connectivity index (χ2v) is 2.64. The van der Waals surface area contributed by atoms with Crippen LogP contribution in [0.5, 0.6) is 0 Å². The lowest BCUT2D eigenvalue weighted by atomic mass is 10.3. The zero-order valence-electron chi connectivity index (χ0n) is 5.40. The molecule has 0 fully saturated rings. The maximum absolute atomic E-state index is 9.93. The summed E-state index contributed by atoms with van der Waals surface area (Å²) >= 11 is 11.4. The molecule has 1 rings (SSSR count). The molecular weight excluding hydrogens is 185 g/mol. The molecule has 0 aromatic heterocycles. The van der Waals surface area contributed by atoms with Gasteiger partial charge in [-0.2, -0.15) is 0 Å². The Bertz CT molecular complexity index is 255. The second-order valence-electron chi connectivity index (χ2n) is 1.82. The first-order chi connectivity index (χ1) is 5.25. The van der Waals surface area contributed by atoms with Gasteiger partial charge in [-0.05, 0) is 12.1 Å². The van der Waals surface area contributed by atoms with Gasteiger partial charge in [-0.15, -0.1) is 0 Å². The third kappa shape index (κ3) is 1.85. The molecule has 0 atom stereocenters. The van der Waals surface area contributed by atoms with Crippen molar-refractivity contribution in [2.45, 2.75) is 0 Å². The standard InChI is InChI=1S/C7H4Cl2NO/c8-5-2-1-3-6(9)7(5)10-4-11/h1-3H,(H,10,11). The number of nitrogens with one attached hydrogen (secondary N) is 1. The van der Waals surface area contributed by atoms with Crippen molar-refractivity contribution in [3.8, 4) is 0 Å². The first kappa shape index (κ1) is 8.37. The summed E-state index contributed by atoms with van der Waals surface area (Å²) in [6, 6.07) is 4.96. The quantitative estimate of drug-likeness (QED) is 0.711. The van der Waals surface area contributed by atoms with Crippen molar-refractivity contribution in [1.82, 2.24) is 0 Å². The topological polar surface area (TPSA) is 29.1 Å². The first-order valence-electron chi connectivity index (χ1n) is 2.83. The molecule has 2 nitrogen and oxygen atoms in total. The van der Waals surface area contributed by atoms with Crippen LogP contribution in [0.1, 0.15) is 0 Å². The van der Waals surface area contributed by atoms with Gasteiger partial charge in [0.2, 0.25) is 0 Å². The van der Waals surface area contributed by atoms with Gasteiger partial charge in [0, 0.05) is 0 Å². The van der Waals surface area contributed by atoms with Crippen LogP contribution < -0.4 is 5.32 Å². The average molecular weight is 189 g/mol. The predicted molar refractivity (Wildman–Crippen MR) is 45.8 cm³/mol. The van der Waals surface area contributed by atoms with E-state index in [-0.39, 0.29) is 0 Å². The van der Waals surface area contributed by atoms with E-state index >= 15 is 0 Å². The summed E-state index contributed by atoms with van der Waals surface area (Å²) < 4.78 is 0. The van der Waals surface area contributed by atoms with Crippen LogP contribution in [0.15, 0.2) is 18.2 Å². The minimum absolute atomic E-state index is 0.394. The molecule has 0 aliphatic carbocycles. The summed E-state index contributed by atoms with van der Waals surface area (Å²) in [7, 11) is 0. The largest absolute Gasteiger partial charge is 0.315 e. The molecule has 0 aliphatic rings. The van der Waals surface area contributed by atoms with E-state index < -0.39 is 0 Å². The van der Waals surface area contributed by atoms with Crippen LogP contribution >= 0.6 is 23.2 Å². The summed E-state index contributed by atoms with van der Waals surface area (Å²) in [5.74, 6) is 0. The summed E-state index contributed by atoms with van der Waals surface area (Å²) in [5, 5.41) is 3.08. The van der Waals surface area contributed by atoms with Crippen molar-refractivity contribution < 1.29 is 4.79 Å². The van der Waals surface area contributed by atoms with Crippen LogP contribution in [0.4, 0.5) is 5.69 Å². The van der Waals surface area contributed by atoms with Crippen LogP contribution in [0.25, 0.3) is 0 Å². The molecule has 1 radical (unpaired) electrons. The van der Waals surface area contributed by atoms with E-state index in [4.69, 9.17) is 23.2 Å². The number of para-hydroxylation sites is 1. The van der Waals surface area contributed by atoms with Gasteiger partial charge in [-0.25, -0.2) is 0 Å². The normalized spacial score (nSPS) is 9.27. The van der Waals surface area contributed by atoms with Gasteiger partial charge in [0.15, 0.2) is 0 Å². The molecule has 4 heteroatoms. The number of anilines is 1. The Morgan fingerprint density at radius 3 is 2.27 bits per heavy atom. The molecule has 1 aromatic rings. The molecule has 1 aromatic carbocycles. The Hall–Kier alpha value is -0.730. The number of amides is 1. The summed E-state index contributed by atoms with van der Waals surface area (Å²) in [6.45, 7) is 0. The van der Waals surface area contributed by atoms with Gasteiger partial charge in [0.25, 0.3) is 0 Å². The highest BCUT2D eigenvalue weighted by atomic mass is 35.5. The Labute approximate surface area is 74.1 Å². The first-order valence-corrected chi connectivity index (χ1v) is 3.58. The molecule has 0 saturated heterocycles. The Morgan fingerprint density at radius 2 is 1.82 bits per heavy atom. The fourth-order valence-corrected chi connectivity index (χ4v) is 1.16. The van der Waals surface area contributed by atoms with Crippen molar-refractivity contribution in [2.75, 3.05) is 5.32 Å². The van der Waals surface area contributed by atoms with Crippen molar-refractivity contribution in [1.29, 1.82) is 0 Å². The fraction of sp³-hybridized carbons (Fsp3) is 0. The monoisotopic (exact) mass is 188 g/mol. The van der Waals surface area contributed by atoms with Gasteiger partial charge in [-0.1, -0.05) is 29.3 Å². The lowest BCUT2D eigenvalue weighted by Crippen LogP contribution is -1.94. The van der Waals surface area contributed by atoms with Crippen LogP contribution in [-0.2, 0) is 4.79 Å². The molecular formula is C7H4Cl2NO. The van der Waals surface area contributed by atoms with Crippen molar-refractivity contribution in [3.63, 3.8) is 0 Å². The maximum Gasteiger partial charge on any atom is 0.314 e. The Morgan fingerprint density at radius 1 is 1.27 bits per heavy atom. The third-order valence-corrected chi connectivity index (χ3v) is 1.77. The fourth-order valence-electron chi connectivity index (χ4n) is 0.668. The highest BCUT2D eigenvalue weighted by molar-refractivity contribution is 6.39. The van der Waals surface area contributed by atoms with Gasteiger partial charge in [0.05, 0.1) is 15.7 Å². The molecule has 11 heavy (non-hydrogen) atoms. The molecule has 0 bridgehead atoms. The SMILES string of the molecule is O=[C]Nc1c(Cl)cccc1Cl. The highest BCUT2D eigenvalue weighted by Crippen LogP contribution is 2.28. The average Bonchev–Trinajstić information content (AvgIpc) is 1.97. The number of rotatable bonds is 2. The van der Waals surface area contributed by atoms with Crippen LogP contribution in [0.3, 0.4) is 0 Å². The predicted octanol–water partition coefficient (Wildman–Crippen LogP) is 2.47. The molecule has 0 unspecified atom stereocenters. The zero-order valence-corrected chi connectivity index (χ0v) is 6.91. The maximum atomic E-state index is 9.93. The number of hydrogen-bond acceptors (Lipinski definition) is 1.